The first-order valence-electron chi connectivity index (χ1n) is 13.9. The van der Waals surface area contributed by atoms with Crippen molar-refractivity contribution in [1.82, 2.24) is 24.4 Å². The number of benzene rings is 3. The van der Waals surface area contributed by atoms with Crippen LogP contribution in [0.15, 0.2) is 91.0 Å². The number of nitrogens with zero attached hydrogens (tertiary/aromatic N) is 5. The fraction of sp³-hybridized carbons (Fsp3) is 0.242. The maximum absolute atomic E-state index is 14.1. The molecular weight excluding hydrogens is 539 g/mol. The molecule has 6 rings (SSSR count). The highest BCUT2D eigenvalue weighted by molar-refractivity contribution is 5.93. The van der Waals surface area contributed by atoms with Crippen LogP contribution in [0.1, 0.15) is 44.5 Å². The van der Waals surface area contributed by atoms with Crippen molar-refractivity contribution >= 4 is 11.6 Å². The van der Waals surface area contributed by atoms with E-state index in [0.29, 0.717) is 31.7 Å². The fourth-order valence-electron chi connectivity index (χ4n) is 5.56. The zero-order valence-electron chi connectivity index (χ0n) is 23.3. The number of alkyl halides is 3. The second-order valence-electron chi connectivity index (χ2n) is 10.7. The molecule has 0 aliphatic carbocycles. The Morgan fingerprint density at radius 1 is 0.786 bits per heavy atom. The van der Waals surface area contributed by atoms with Crippen LogP contribution in [0.25, 0.3) is 16.9 Å². The Labute approximate surface area is 242 Å². The third-order valence-electron chi connectivity index (χ3n) is 7.94. The standard InChI is InChI=1S/C33H30F3N5O/c1-22-13-14-26(19-23(22)2)27-20-29(33(34,35)36)41-30(37-27)21-28(38-41)32(42)40-17-15-39(16-18-40)31(24-9-5-3-6-10-24)25-11-7-4-8-12-25/h3-14,19-21,31H,15-18H2,1-2H3. The molecule has 1 aliphatic rings. The van der Waals surface area contributed by atoms with Gasteiger partial charge in [0.25, 0.3) is 5.91 Å². The summed E-state index contributed by atoms with van der Waals surface area (Å²) in [4.78, 5) is 22.0. The normalized spacial score (nSPS) is 14.6. The summed E-state index contributed by atoms with van der Waals surface area (Å²) in [6, 6.07) is 28.2. The number of halogens is 3. The Balaban J connectivity index is 1.27. The number of rotatable bonds is 5. The second-order valence-corrected chi connectivity index (χ2v) is 10.7. The molecule has 1 amide bonds. The summed E-state index contributed by atoms with van der Waals surface area (Å²) >= 11 is 0. The van der Waals surface area contributed by atoms with Crippen molar-refractivity contribution < 1.29 is 18.0 Å². The molecule has 0 atom stereocenters. The van der Waals surface area contributed by atoms with Gasteiger partial charge < -0.3 is 4.90 Å². The monoisotopic (exact) mass is 569 g/mol. The van der Waals surface area contributed by atoms with Gasteiger partial charge in [0.15, 0.2) is 17.0 Å². The molecule has 6 nitrogen and oxygen atoms in total. The molecule has 1 saturated heterocycles. The van der Waals surface area contributed by atoms with Crippen molar-refractivity contribution in [3.8, 4) is 11.3 Å². The molecule has 1 aliphatic heterocycles. The highest BCUT2D eigenvalue weighted by Crippen LogP contribution is 2.33. The molecule has 0 bridgehead atoms. The number of fused-ring (bicyclic) bond motifs is 1. The molecule has 0 N–H and O–H groups in total. The van der Waals surface area contributed by atoms with E-state index in [9.17, 15) is 18.0 Å². The third-order valence-corrected chi connectivity index (χ3v) is 7.94. The largest absolute Gasteiger partial charge is 0.433 e. The van der Waals surface area contributed by atoms with E-state index >= 15 is 0 Å². The number of aromatic nitrogens is 3. The van der Waals surface area contributed by atoms with E-state index < -0.39 is 17.8 Å². The maximum Gasteiger partial charge on any atom is 0.433 e. The van der Waals surface area contributed by atoms with Crippen molar-refractivity contribution in [2.75, 3.05) is 26.2 Å². The molecule has 42 heavy (non-hydrogen) atoms. The minimum Gasteiger partial charge on any atom is -0.335 e. The van der Waals surface area contributed by atoms with Gasteiger partial charge in [-0.2, -0.15) is 18.3 Å². The summed E-state index contributed by atoms with van der Waals surface area (Å²) in [6.45, 7) is 5.91. The van der Waals surface area contributed by atoms with Gasteiger partial charge in [-0.05, 0) is 48.2 Å². The Hall–Kier alpha value is -4.50. The molecular formula is C33H30F3N5O. The quantitative estimate of drug-likeness (QED) is 0.240. The summed E-state index contributed by atoms with van der Waals surface area (Å²) < 4.78 is 43.1. The Kier molecular flexibility index (Phi) is 7.28. The van der Waals surface area contributed by atoms with Crippen molar-refractivity contribution in [2.24, 2.45) is 0 Å². The predicted octanol–water partition coefficient (Wildman–Crippen LogP) is 6.58. The lowest BCUT2D eigenvalue weighted by molar-refractivity contribution is -0.142. The minimum atomic E-state index is -4.68. The molecule has 2 aromatic heterocycles. The highest BCUT2D eigenvalue weighted by Gasteiger charge is 2.36. The van der Waals surface area contributed by atoms with Gasteiger partial charge in [-0.25, -0.2) is 9.50 Å². The van der Waals surface area contributed by atoms with Crippen LogP contribution < -0.4 is 0 Å². The van der Waals surface area contributed by atoms with Crippen LogP contribution in [-0.2, 0) is 6.18 Å². The first-order valence-corrected chi connectivity index (χ1v) is 13.9. The van der Waals surface area contributed by atoms with E-state index in [4.69, 9.17) is 0 Å². The molecule has 5 aromatic rings. The average Bonchev–Trinajstić information content (AvgIpc) is 3.43. The first-order chi connectivity index (χ1) is 20.2. The van der Waals surface area contributed by atoms with Crippen LogP contribution in [0.5, 0.6) is 0 Å². The van der Waals surface area contributed by atoms with Gasteiger partial charge in [0, 0.05) is 37.8 Å². The molecule has 214 valence electrons. The van der Waals surface area contributed by atoms with Crippen molar-refractivity contribution in [1.29, 1.82) is 0 Å². The lowest BCUT2D eigenvalue weighted by Crippen LogP contribution is -2.50. The van der Waals surface area contributed by atoms with E-state index in [2.05, 4.69) is 39.2 Å². The smallest absolute Gasteiger partial charge is 0.335 e. The van der Waals surface area contributed by atoms with E-state index in [-0.39, 0.29) is 23.1 Å². The Bertz CT molecular complexity index is 1690. The lowest BCUT2D eigenvalue weighted by Gasteiger charge is -2.39. The number of hydrogen-bond donors (Lipinski definition) is 0. The molecule has 3 heterocycles. The van der Waals surface area contributed by atoms with Gasteiger partial charge in [0.1, 0.15) is 0 Å². The molecule has 1 fully saturated rings. The van der Waals surface area contributed by atoms with Gasteiger partial charge in [0.05, 0.1) is 11.7 Å². The Morgan fingerprint density at radius 2 is 1.40 bits per heavy atom. The summed E-state index contributed by atoms with van der Waals surface area (Å²) in [5, 5.41) is 4.10. The molecule has 9 heteroatoms. The molecule has 0 spiro atoms. The third kappa shape index (κ3) is 5.39. The zero-order chi connectivity index (χ0) is 29.4. The number of amides is 1. The van der Waals surface area contributed by atoms with Crippen molar-refractivity contribution in [3.05, 3.63) is 125 Å². The van der Waals surface area contributed by atoms with Crippen LogP contribution in [0.3, 0.4) is 0 Å². The van der Waals surface area contributed by atoms with Crippen molar-refractivity contribution in [2.45, 2.75) is 26.1 Å². The minimum absolute atomic E-state index is 0.0201. The number of piperazine rings is 1. The van der Waals surface area contributed by atoms with Gasteiger partial charge in [-0.3, -0.25) is 9.69 Å². The van der Waals surface area contributed by atoms with Crippen LogP contribution in [0.2, 0.25) is 0 Å². The van der Waals surface area contributed by atoms with Gasteiger partial charge in [-0.1, -0.05) is 72.8 Å². The Morgan fingerprint density at radius 3 is 1.98 bits per heavy atom. The van der Waals surface area contributed by atoms with E-state index in [1.807, 2.05) is 62.4 Å². The maximum atomic E-state index is 14.1. The van der Waals surface area contributed by atoms with Gasteiger partial charge >= 0.3 is 6.18 Å². The van der Waals surface area contributed by atoms with Crippen LogP contribution in [-0.4, -0.2) is 56.5 Å². The second kappa shape index (κ2) is 11.1. The molecule has 0 unspecified atom stereocenters. The fourth-order valence-corrected chi connectivity index (χ4v) is 5.56. The van der Waals surface area contributed by atoms with E-state index in [1.54, 1.807) is 11.0 Å². The van der Waals surface area contributed by atoms with Crippen LogP contribution in [0, 0.1) is 13.8 Å². The number of aryl methyl sites for hydroxylation is 2. The predicted molar refractivity (Wildman–Crippen MR) is 155 cm³/mol. The van der Waals surface area contributed by atoms with Gasteiger partial charge in [-0.15, -0.1) is 0 Å². The molecule has 0 radical (unpaired) electrons. The average molecular weight is 570 g/mol. The number of carbonyl (C=O) groups excluding carboxylic acids is 1. The first kappa shape index (κ1) is 27.7. The summed E-state index contributed by atoms with van der Waals surface area (Å²) in [5.74, 6) is -0.406. The molecule has 0 saturated carbocycles. The number of hydrogen-bond acceptors (Lipinski definition) is 4. The van der Waals surface area contributed by atoms with Crippen molar-refractivity contribution in [3.63, 3.8) is 0 Å². The van der Waals surface area contributed by atoms with Crippen LogP contribution >= 0.6 is 0 Å². The highest BCUT2D eigenvalue weighted by atomic mass is 19.4. The topological polar surface area (TPSA) is 53.7 Å². The number of carbonyl (C=O) groups is 1. The zero-order valence-corrected chi connectivity index (χ0v) is 23.3. The van der Waals surface area contributed by atoms with E-state index in [1.165, 1.54) is 6.07 Å². The SMILES string of the molecule is Cc1ccc(-c2cc(C(F)(F)F)n3nc(C(=O)N4CCN(C(c5ccccc5)c5ccccc5)CC4)cc3n2)cc1C. The van der Waals surface area contributed by atoms with Crippen LogP contribution in [0.4, 0.5) is 13.2 Å². The molecule has 3 aromatic carbocycles. The lowest BCUT2D eigenvalue weighted by atomic mass is 9.96. The summed E-state index contributed by atoms with van der Waals surface area (Å²) in [5.41, 5.74) is 4.01. The van der Waals surface area contributed by atoms with E-state index in [0.717, 1.165) is 32.8 Å². The van der Waals surface area contributed by atoms with Gasteiger partial charge in [0.2, 0.25) is 0 Å². The summed E-state index contributed by atoms with van der Waals surface area (Å²) in [6.07, 6.45) is -4.68. The summed E-state index contributed by atoms with van der Waals surface area (Å²) in [7, 11) is 0.